The van der Waals surface area contributed by atoms with Gasteiger partial charge in [0.1, 0.15) is 0 Å². The fourth-order valence-corrected chi connectivity index (χ4v) is 2.49. The minimum atomic E-state index is 0.334. The first kappa shape index (κ1) is 9.93. The van der Waals surface area contributed by atoms with E-state index in [9.17, 15) is 0 Å². The maximum absolute atomic E-state index is 5.70. The lowest BCUT2D eigenvalue weighted by molar-refractivity contribution is -0.0489. The van der Waals surface area contributed by atoms with E-state index in [1.165, 1.54) is 0 Å². The molecule has 1 saturated heterocycles. The predicted octanol–water partition coefficient (Wildman–Crippen LogP) is 2.67. The van der Waals surface area contributed by atoms with Gasteiger partial charge in [0, 0.05) is 18.4 Å². The molecule has 2 heterocycles. The SMILES string of the molecule is CC1CC(n2cc[nH]c2=S)CC(C)O1. The number of H-pyrrole nitrogens is 1. The molecule has 0 saturated carbocycles. The number of imidazole rings is 1. The Balaban J connectivity index is 2.19. The van der Waals surface area contributed by atoms with Crippen molar-refractivity contribution in [2.45, 2.75) is 44.9 Å². The summed E-state index contributed by atoms with van der Waals surface area (Å²) < 4.78 is 8.66. The van der Waals surface area contributed by atoms with Crippen molar-refractivity contribution in [2.24, 2.45) is 0 Å². The third-order valence-electron chi connectivity index (χ3n) is 2.74. The Bertz CT molecular complexity index is 347. The number of nitrogens with zero attached hydrogens (tertiary/aromatic N) is 1. The molecule has 1 aromatic rings. The Morgan fingerprint density at radius 1 is 1.43 bits per heavy atom. The van der Waals surface area contributed by atoms with Crippen LogP contribution in [-0.4, -0.2) is 21.8 Å². The quantitative estimate of drug-likeness (QED) is 0.725. The Hall–Kier alpha value is -0.610. The van der Waals surface area contributed by atoms with Gasteiger partial charge in [-0.25, -0.2) is 0 Å². The van der Waals surface area contributed by atoms with Crippen molar-refractivity contribution in [1.82, 2.24) is 9.55 Å². The normalized spacial score (nSPS) is 33.1. The maximum Gasteiger partial charge on any atom is 0.177 e. The van der Waals surface area contributed by atoms with Crippen molar-refractivity contribution in [1.29, 1.82) is 0 Å². The van der Waals surface area contributed by atoms with Gasteiger partial charge in [0.2, 0.25) is 0 Å². The minimum absolute atomic E-state index is 0.334. The van der Waals surface area contributed by atoms with Crippen LogP contribution >= 0.6 is 12.2 Å². The smallest absolute Gasteiger partial charge is 0.177 e. The summed E-state index contributed by atoms with van der Waals surface area (Å²) >= 11 is 5.21. The number of nitrogens with one attached hydrogen (secondary N) is 1. The van der Waals surface area contributed by atoms with Gasteiger partial charge in [-0.1, -0.05) is 0 Å². The van der Waals surface area contributed by atoms with Crippen molar-refractivity contribution < 1.29 is 4.74 Å². The van der Waals surface area contributed by atoms with Gasteiger partial charge in [-0.2, -0.15) is 0 Å². The number of aromatic nitrogens is 2. The Morgan fingerprint density at radius 2 is 2.07 bits per heavy atom. The van der Waals surface area contributed by atoms with Crippen molar-refractivity contribution in [3.63, 3.8) is 0 Å². The molecule has 1 fully saturated rings. The molecule has 14 heavy (non-hydrogen) atoms. The van der Waals surface area contributed by atoms with Crippen molar-refractivity contribution in [3.05, 3.63) is 17.2 Å². The molecule has 2 unspecified atom stereocenters. The van der Waals surface area contributed by atoms with E-state index in [0.717, 1.165) is 17.6 Å². The Kier molecular flexibility index (Phi) is 2.74. The molecule has 2 rings (SSSR count). The highest BCUT2D eigenvalue weighted by atomic mass is 32.1. The molecule has 0 radical (unpaired) electrons. The third-order valence-corrected chi connectivity index (χ3v) is 3.07. The highest BCUT2D eigenvalue weighted by Crippen LogP contribution is 2.28. The van der Waals surface area contributed by atoms with E-state index in [1.807, 2.05) is 12.4 Å². The number of ether oxygens (including phenoxy) is 1. The summed E-state index contributed by atoms with van der Waals surface area (Å²) in [7, 11) is 0. The average molecular weight is 212 g/mol. The topological polar surface area (TPSA) is 29.9 Å². The minimum Gasteiger partial charge on any atom is -0.375 e. The Labute approximate surface area is 89.1 Å². The van der Waals surface area contributed by atoms with Gasteiger partial charge in [0.25, 0.3) is 0 Å². The molecule has 3 nitrogen and oxygen atoms in total. The van der Waals surface area contributed by atoms with Crippen LogP contribution in [0.3, 0.4) is 0 Å². The highest BCUT2D eigenvalue weighted by Gasteiger charge is 2.25. The standard InChI is InChI=1S/C10H16N2OS/c1-7-5-9(6-8(2)13-7)12-4-3-11-10(12)14/h3-4,7-9H,5-6H2,1-2H3,(H,11,14). The van der Waals surface area contributed by atoms with Gasteiger partial charge < -0.3 is 14.3 Å². The molecule has 0 bridgehead atoms. The molecule has 0 spiro atoms. The molecule has 0 amide bonds. The van der Waals surface area contributed by atoms with Crippen LogP contribution < -0.4 is 0 Å². The molecular weight excluding hydrogens is 196 g/mol. The molecule has 1 aliphatic heterocycles. The van der Waals surface area contributed by atoms with Gasteiger partial charge in [0.05, 0.1) is 12.2 Å². The number of aromatic amines is 1. The summed E-state index contributed by atoms with van der Waals surface area (Å²) in [5.41, 5.74) is 0. The van der Waals surface area contributed by atoms with Crippen LogP contribution in [-0.2, 0) is 4.74 Å². The zero-order chi connectivity index (χ0) is 10.1. The number of hydrogen-bond donors (Lipinski definition) is 1. The summed E-state index contributed by atoms with van der Waals surface area (Å²) in [4.78, 5) is 3.03. The van der Waals surface area contributed by atoms with Gasteiger partial charge in [-0.3, -0.25) is 0 Å². The van der Waals surface area contributed by atoms with Crippen molar-refractivity contribution in [3.8, 4) is 0 Å². The average Bonchev–Trinajstić information content (AvgIpc) is 2.49. The van der Waals surface area contributed by atoms with E-state index in [0.29, 0.717) is 18.2 Å². The third kappa shape index (κ3) is 1.91. The molecular formula is C10H16N2OS. The fraction of sp³-hybridized carbons (Fsp3) is 0.700. The van der Waals surface area contributed by atoms with E-state index in [4.69, 9.17) is 17.0 Å². The van der Waals surface area contributed by atoms with E-state index < -0.39 is 0 Å². The summed E-state index contributed by atoms with van der Waals surface area (Å²) in [6.45, 7) is 4.25. The van der Waals surface area contributed by atoms with E-state index in [2.05, 4.69) is 23.4 Å². The van der Waals surface area contributed by atoms with Crippen LogP contribution in [0.1, 0.15) is 32.7 Å². The second-order valence-corrected chi connectivity index (χ2v) is 4.44. The molecule has 0 aliphatic carbocycles. The molecule has 1 aromatic heterocycles. The van der Waals surface area contributed by atoms with E-state index >= 15 is 0 Å². The van der Waals surface area contributed by atoms with E-state index in [-0.39, 0.29) is 0 Å². The van der Waals surface area contributed by atoms with Crippen LogP contribution in [0, 0.1) is 4.77 Å². The molecule has 1 aliphatic rings. The van der Waals surface area contributed by atoms with Gasteiger partial charge in [-0.05, 0) is 38.9 Å². The van der Waals surface area contributed by atoms with E-state index in [1.54, 1.807) is 0 Å². The molecule has 4 heteroatoms. The molecule has 1 N–H and O–H groups in total. The van der Waals surface area contributed by atoms with Crippen LogP contribution in [0.15, 0.2) is 12.4 Å². The van der Waals surface area contributed by atoms with Gasteiger partial charge in [-0.15, -0.1) is 0 Å². The lowest BCUT2D eigenvalue weighted by Gasteiger charge is -2.32. The zero-order valence-corrected chi connectivity index (χ0v) is 9.38. The highest BCUT2D eigenvalue weighted by molar-refractivity contribution is 7.71. The summed E-state index contributed by atoms with van der Waals surface area (Å²) in [5.74, 6) is 0. The number of rotatable bonds is 1. The monoisotopic (exact) mass is 212 g/mol. The van der Waals surface area contributed by atoms with Crippen molar-refractivity contribution in [2.75, 3.05) is 0 Å². The van der Waals surface area contributed by atoms with Gasteiger partial charge in [0.15, 0.2) is 4.77 Å². The first-order valence-electron chi connectivity index (χ1n) is 5.08. The van der Waals surface area contributed by atoms with Crippen LogP contribution in [0.25, 0.3) is 0 Å². The predicted molar refractivity (Wildman–Crippen MR) is 57.9 cm³/mol. The lowest BCUT2D eigenvalue weighted by Crippen LogP contribution is -2.30. The zero-order valence-electron chi connectivity index (χ0n) is 8.56. The van der Waals surface area contributed by atoms with Crippen LogP contribution in [0.5, 0.6) is 0 Å². The second-order valence-electron chi connectivity index (χ2n) is 4.06. The first-order chi connectivity index (χ1) is 6.66. The second kappa shape index (κ2) is 3.87. The summed E-state index contributed by atoms with van der Waals surface area (Å²) in [6.07, 6.45) is 6.69. The molecule has 2 atom stereocenters. The number of hydrogen-bond acceptors (Lipinski definition) is 2. The largest absolute Gasteiger partial charge is 0.375 e. The van der Waals surface area contributed by atoms with Gasteiger partial charge >= 0.3 is 0 Å². The van der Waals surface area contributed by atoms with Crippen LogP contribution in [0.4, 0.5) is 0 Å². The summed E-state index contributed by atoms with van der Waals surface area (Å²) in [5, 5.41) is 0. The Morgan fingerprint density at radius 3 is 2.57 bits per heavy atom. The fourth-order valence-electron chi connectivity index (χ4n) is 2.22. The molecule has 78 valence electrons. The molecule has 0 aromatic carbocycles. The first-order valence-corrected chi connectivity index (χ1v) is 5.48. The van der Waals surface area contributed by atoms with Crippen molar-refractivity contribution >= 4 is 12.2 Å². The maximum atomic E-state index is 5.70. The lowest BCUT2D eigenvalue weighted by atomic mass is 10.00. The van der Waals surface area contributed by atoms with Crippen LogP contribution in [0.2, 0.25) is 0 Å². The summed E-state index contributed by atoms with van der Waals surface area (Å²) in [6, 6.07) is 0.493.